The standard InChI is InChI=1S/C7H15N3P.BF4/c1-10-3-8-2-9(4-10)6-11(5-8)7-10;2-1(3,4)5/h2-7H2,1H3;/q+1;-1. The zero-order valence-corrected chi connectivity index (χ0v) is 10.0. The van der Waals surface area contributed by atoms with Gasteiger partial charge in [0.05, 0.1) is 13.7 Å². The first kappa shape index (κ1) is 12.5. The summed E-state index contributed by atoms with van der Waals surface area (Å²) in [5.41, 5.74) is 0. The van der Waals surface area contributed by atoms with Crippen LogP contribution in [-0.4, -0.2) is 67.4 Å². The van der Waals surface area contributed by atoms with Crippen molar-refractivity contribution >= 4 is 15.2 Å². The zero-order chi connectivity index (χ0) is 12.0. The van der Waals surface area contributed by atoms with Crippen LogP contribution in [0.1, 0.15) is 0 Å². The lowest BCUT2D eigenvalue weighted by atomic mass is 10.3. The molecule has 4 aliphatic heterocycles. The summed E-state index contributed by atoms with van der Waals surface area (Å²) in [5.74, 6) is 0. The average Bonchev–Trinajstić information content (AvgIpc) is 1.93. The van der Waals surface area contributed by atoms with E-state index in [-0.39, 0.29) is 0 Å². The van der Waals surface area contributed by atoms with Crippen molar-refractivity contribution in [1.82, 2.24) is 9.80 Å². The molecular formula is C7H15BF4N3P. The minimum Gasteiger partial charge on any atom is -0.418 e. The summed E-state index contributed by atoms with van der Waals surface area (Å²) < 4.78 is 40.3. The summed E-state index contributed by atoms with van der Waals surface area (Å²) in [7, 11) is -3.23. The molecule has 4 rings (SSSR count). The van der Waals surface area contributed by atoms with Gasteiger partial charge in [0.2, 0.25) is 0 Å². The fraction of sp³-hybridized carbons (Fsp3) is 1.00. The van der Waals surface area contributed by atoms with E-state index < -0.39 is 7.25 Å². The predicted octanol–water partition coefficient (Wildman–Crippen LogP) is 1.60. The van der Waals surface area contributed by atoms with Crippen molar-refractivity contribution in [1.29, 1.82) is 0 Å². The van der Waals surface area contributed by atoms with Gasteiger partial charge in [0.25, 0.3) is 0 Å². The van der Waals surface area contributed by atoms with Gasteiger partial charge >= 0.3 is 7.25 Å². The van der Waals surface area contributed by atoms with Gasteiger partial charge in [-0.25, -0.2) is 9.80 Å². The van der Waals surface area contributed by atoms with Crippen LogP contribution < -0.4 is 0 Å². The molecule has 0 aromatic carbocycles. The number of hydrogen-bond acceptors (Lipinski definition) is 2. The maximum atomic E-state index is 9.75. The summed E-state index contributed by atoms with van der Waals surface area (Å²) in [6, 6.07) is 0. The van der Waals surface area contributed by atoms with Gasteiger partial charge in [0.15, 0.2) is 0 Å². The monoisotopic (exact) mass is 259 g/mol. The molecule has 4 aliphatic rings. The van der Waals surface area contributed by atoms with Gasteiger partial charge in [0.1, 0.15) is 19.6 Å². The Morgan fingerprint density at radius 2 is 1.50 bits per heavy atom. The lowest BCUT2D eigenvalue weighted by Gasteiger charge is -2.58. The Kier molecular flexibility index (Phi) is 3.20. The van der Waals surface area contributed by atoms with Crippen molar-refractivity contribution in [3.63, 3.8) is 0 Å². The molecule has 4 bridgehead atoms. The molecule has 0 saturated carbocycles. The van der Waals surface area contributed by atoms with Crippen molar-refractivity contribution < 1.29 is 21.7 Å². The smallest absolute Gasteiger partial charge is 0.418 e. The molecule has 2 unspecified atom stereocenters. The van der Waals surface area contributed by atoms with Gasteiger partial charge in [-0.1, -0.05) is 0 Å². The van der Waals surface area contributed by atoms with Crippen LogP contribution in [0, 0.1) is 0 Å². The van der Waals surface area contributed by atoms with Crippen molar-refractivity contribution in [2.75, 3.05) is 45.9 Å². The molecule has 16 heavy (non-hydrogen) atoms. The molecule has 0 aliphatic carbocycles. The maximum Gasteiger partial charge on any atom is 0.673 e. The number of hydrogen-bond donors (Lipinski definition) is 0. The Bertz CT molecular complexity index is 234. The third-order valence-corrected chi connectivity index (χ3v) is 5.51. The lowest BCUT2D eigenvalue weighted by molar-refractivity contribution is -0.930. The first-order valence-electron chi connectivity index (χ1n) is 5.11. The highest BCUT2D eigenvalue weighted by atomic mass is 31.1. The molecule has 4 saturated heterocycles. The number of rotatable bonds is 0. The van der Waals surface area contributed by atoms with E-state index in [1.807, 2.05) is 0 Å². The molecule has 4 heterocycles. The minimum absolute atomic E-state index is 0.364. The fourth-order valence-corrected chi connectivity index (χ4v) is 5.74. The Morgan fingerprint density at radius 3 is 1.81 bits per heavy atom. The SMILES string of the molecule is C[N+]12CN3CN(CP(C3)C1)C2.F[B-](F)(F)F. The van der Waals surface area contributed by atoms with Gasteiger partial charge < -0.3 is 17.3 Å². The summed E-state index contributed by atoms with van der Waals surface area (Å²) in [6.07, 6.45) is 4.35. The Hall–Kier alpha value is 0.0949. The second kappa shape index (κ2) is 4.08. The van der Waals surface area contributed by atoms with Crippen LogP contribution in [0.4, 0.5) is 17.3 Å². The quantitative estimate of drug-likeness (QED) is 0.282. The largest absolute Gasteiger partial charge is 0.673 e. The second-order valence-corrected chi connectivity index (χ2v) is 7.17. The topological polar surface area (TPSA) is 6.48 Å². The Balaban J connectivity index is 0.000000168. The van der Waals surface area contributed by atoms with E-state index in [0.29, 0.717) is 7.92 Å². The zero-order valence-electron chi connectivity index (χ0n) is 9.12. The van der Waals surface area contributed by atoms with E-state index in [4.69, 9.17) is 0 Å². The molecule has 0 amide bonds. The maximum absolute atomic E-state index is 9.75. The Morgan fingerprint density at radius 1 is 1.06 bits per heavy atom. The van der Waals surface area contributed by atoms with Crippen LogP contribution >= 0.6 is 7.92 Å². The van der Waals surface area contributed by atoms with E-state index in [1.54, 1.807) is 0 Å². The highest BCUT2D eigenvalue weighted by Gasteiger charge is 2.46. The van der Waals surface area contributed by atoms with Gasteiger partial charge in [-0.05, 0) is 7.92 Å². The van der Waals surface area contributed by atoms with Crippen molar-refractivity contribution in [3.05, 3.63) is 0 Å². The summed E-state index contributed by atoms with van der Waals surface area (Å²) >= 11 is 0. The van der Waals surface area contributed by atoms with Crippen LogP contribution in [0.25, 0.3) is 0 Å². The van der Waals surface area contributed by atoms with Crippen LogP contribution in [0.2, 0.25) is 0 Å². The summed E-state index contributed by atoms with van der Waals surface area (Å²) in [5, 5.41) is 0. The van der Waals surface area contributed by atoms with Gasteiger partial charge in [-0.3, -0.25) is 4.48 Å². The Labute approximate surface area is 93.4 Å². The fourth-order valence-electron chi connectivity index (χ4n) is 2.83. The van der Waals surface area contributed by atoms with E-state index >= 15 is 0 Å². The third kappa shape index (κ3) is 3.29. The van der Waals surface area contributed by atoms with Gasteiger partial charge in [-0.15, -0.1) is 0 Å². The predicted molar refractivity (Wildman–Crippen MR) is 56.2 cm³/mol. The van der Waals surface area contributed by atoms with Crippen LogP contribution in [0.3, 0.4) is 0 Å². The van der Waals surface area contributed by atoms with E-state index in [2.05, 4.69) is 16.8 Å². The van der Waals surface area contributed by atoms with E-state index in [1.165, 1.54) is 43.3 Å². The molecule has 94 valence electrons. The van der Waals surface area contributed by atoms with E-state index in [0.717, 1.165) is 0 Å². The second-order valence-electron chi connectivity index (χ2n) is 4.98. The van der Waals surface area contributed by atoms with Crippen molar-refractivity contribution in [2.24, 2.45) is 0 Å². The number of quaternary nitrogens is 1. The lowest BCUT2D eigenvalue weighted by Crippen LogP contribution is -2.70. The molecular weight excluding hydrogens is 244 g/mol. The van der Waals surface area contributed by atoms with Gasteiger partial charge in [0, 0.05) is 12.6 Å². The summed E-state index contributed by atoms with van der Waals surface area (Å²) in [4.78, 5) is 5.25. The van der Waals surface area contributed by atoms with Crippen molar-refractivity contribution in [3.8, 4) is 0 Å². The molecule has 0 N–H and O–H groups in total. The minimum atomic E-state index is -6.00. The molecule has 2 atom stereocenters. The first-order chi connectivity index (χ1) is 7.23. The first-order valence-corrected chi connectivity index (χ1v) is 7.01. The highest BCUT2D eigenvalue weighted by Crippen LogP contribution is 2.49. The third-order valence-electron chi connectivity index (χ3n) is 2.82. The van der Waals surface area contributed by atoms with Crippen LogP contribution in [0.15, 0.2) is 0 Å². The normalized spacial score (nSPS) is 45.2. The molecule has 0 aromatic rings. The van der Waals surface area contributed by atoms with E-state index in [9.17, 15) is 17.3 Å². The molecule has 9 heteroatoms. The van der Waals surface area contributed by atoms with Crippen LogP contribution in [-0.2, 0) is 0 Å². The summed E-state index contributed by atoms with van der Waals surface area (Å²) in [6.45, 7) is 3.89. The average molecular weight is 259 g/mol. The molecule has 3 nitrogen and oxygen atoms in total. The number of nitrogens with zero attached hydrogens (tertiary/aromatic N) is 3. The van der Waals surface area contributed by atoms with Crippen molar-refractivity contribution in [2.45, 2.75) is 0 Å². The van der Waals surface area contributed by atoms with Crippen LogP contribution in [0.5, 0.6) is 0 Å². The highest BCUT2D eigenvalue weighted by molar-refractivity contribution is 7.57. The van der Waals surface area contributed by atoms with Gasteiger partial charge in [-0.2, -0.15) is 0 Å². The molecule has 4 fully saturated rings. The molecule has 0 radical (unpaired) electrons. The molecule has 0 spiro atoms. The number of halogens is 4. The molecule has 0 aromatic heterocycles.